The van der Waals surface area contributed by atoms with Crippen molar-refractivity contribution in [1.82, 2.24) is 4.98 Å². The van der Waals surface area contributed by atoms with Gasteiger partial charge in [0.05, 0.1) is 5.69 Å². The van der Waals surface area contributed by atoms with Crippen LogP contribution in [0.3, 0.4) is 0 Å². The fourth-order valence-corrected chi connectivity index (χ4v) is 1.53. The molecule has 1 unspecified atom stereocenters. The molecule has 0 fully saturated rings. The molecule has 5 heteroatoms. The molecule has 14 heavy (non-hydrogen) atoms. The Labute approximate surface area is 86.9 Å². The Bertz CT molecular complexity index is 394. The van der Waals surface area contributed by atoms with E-state index in [1.54, 1.807) is 17.0 Å². The summed E-state index contributed by atoms with van der Waals surface area (Å²) in [6.07, 6.45) is 0. The van der Waals surface area contributed by atoms with E-state index in [2.05, 4.69) is 10.3 Å². The molecule has 1 N–H and O–H groups in total. The first-order valence-corrected chi connectivity index (χ1v) is 4.67. The van der Waals surface area contributed by atoms with E-state index in [-0.39, 0.29) is 11.9 Å². The highest BCUT2D eigenvalue weighted by molar-refractivity contribution is 6.29. The number of hydrogen-bond donors (Lipinski definition) is 1. The number of nitrogens with zero attached hydrogens (tertiary/aromatic N) is 2. The van der Waals surface area contributed by atoms with E-state index in [0.717, 1.165) is 0 Å². The first-order chi connectivity index (χ1) is 6.59. The summed E-state index contributed by atoms with van der Waals surface area (Å²) < 4.78 is 0. The molecular formula is C9H10ClN3O. The minimum absolute atomic E-state index is 0.0240. The van der Waals surface area contributed by atoms with Gasteiger partial charge in [-0.2, -0.15) is 0 Å². The van der Waals surface area contributed by atoms with Crippen molar-refractivity contribution in [1.29, 1.82) is 0 Å². The van der Waals surface area contributed by atoms with Crippen molar-refractivity contribution in [3.8, 4) is 0 Å². The summed E-state index contributed by atoms with van der Waals surface area (Å²) in [5, 5.41) is 3.20. The van der Waals surface area contributed by atoms with Gasteiger partial charge in [0, 0.05) is 7.05 Å². The van der Waals surface area contributed by atoms with Crippen LogP contribution < -0.4 is 10.2 Å². The van der Waals surface area contributed by atoms with E-state index < -0.39 is 0 Å². The fourth-order valence-electron chi connectivity index (χ4n) is 1.39. The van der Waals surface area contributed by atoms with Crippen molar-refractivity contribution in [2.24, 2.45) is 0 Å². The predicted molar refractivity (Wildman–Crippen MR) is 55.7 cm³/mol. The third kappa shape index (κ3) is 1.32. The summed E-state index contributed by atoms with van der Waals surface area (Å²) in [5.74, 6) is 0.689. The molecule has 0 bridgehead atoms. The fraction of sp³-hybridized carbons (Fsp3) is 0.333. The van der Waals surface area contributed by atoms with Crippen molar-refractivity contribution in [2.75, 3.05) is 17.3 Å². The second-order valence-electron chi connectivity index (χ2n) is 3.28. The number of rotatable bonds is 0. The van der Waals surface area contributed by atoms with Gasteiger partial charge in [0.2, 0.25) is 5.91 Å². The molecule has 2 rings (SSSR count). The maximum Gasteiger partial charge on any atom is 0.246 e. The Balaban J connectivity index is 2.51. The molecule has 0 radical (unpaired) electrons. The minimum atomic E-state index is -0.214. The maximum atomic E-state index is 11.4. The predicted octanol–water partition coefficient (Wildman–Crippen LogP) is 1.51. The number of fused-ring (bicyclic) bond motifs is 1. The van der Waals surface area contributed by atoms with Gasteiger partial charge < -0.3 is 10.2 Å². The number of halogens is 1. The van der Waals surface area contributed by atoms with Crippen LogP contribution in [0.15, 0.2) is 12.1 Å². The van der Waals surface area contributed by atoms with Crippen LogP contribution in [0.1, 0.15) is 6.92 Å². The zero-order valence-corrected chi connectivity index (χ0v) is 8.67. The standard InChI is InChI=1S/C9H10ClN3O/c1-5-9(14)11-6-3-4-7(10)12-8(6)13(5)2/h3-5H,1-2H3,(H,11,14). The highest BCUT2D eigenvalue weighted by atomic mass is 35.5. The molecule has 0 saturated carbocycles. The van der Waals surface area contributed by atoms with Gasteiger partial charge >= 0.3 is 0 Å². The second-order valence-corrected chi connectivity index (χ2v) is 3.67. The van der Waals surface area contributed by atoms with Crippen LogP contribution in [0.4, 0.5) is 11.5 Å². The molecule has 1 aliphatic rings. The lowest BCUT2D eigenvalue weighted by Gasteiger charge is -2.31. The third-order valence-corrected chi connectivity index (χ3v) is 2.60. The summed E-state index contributed by atoms with van der Waals surface area (Å²) in [4.78, 5) is 17.4. The molecule has 0 spiro atoms. The summed E-state index contributed by atoms with van der Waals surface area (Å²) >= 11 is 5.78. The van der Waals surface area contributed by atoms with Gasteiger partial charge in [-0.25, -0.2) is 4.98 Å². The van der Waals surface area contributed by atoms with Crippen LogP contribution in [0.25, 0.3) is 0 Å². The van der Waals surface area contributed by atoms with Gasteiger partial charge in [0.25, 0.3) is 0 Å². The van der Waals surface area contributed by atoms with Crippen LogP contribution in [-0.2, 0) is 4.79 Å². The molecule has 1 amide bonds. The van der Waals surface area contributed by atoms with Crippen molar-refractivity contribution in [3.63, 3.8) is 0 Å². The average Bonchev–Trinajstić information content (AvgIpc) is 2.16. The Morgan fingerprint density at radius 3 is 3.00 bits per heavy atom. The topological polar surface area (TPSA) is 45.2 Å². The molecule has 74 valence electrons. The highest BCUT2D eigenvalue weighted by Gasteiger charge is 2.27. The lowest BCUT2D eigenvalue weighted by molar-refractivity contribution is -0.117. The number of likely N-dealkylation sites (N-methyl/N-ethyl adjacent to an activating group) is 1. The van der Waals surface area contributed by atoms with Gasteiger partial charge in [-0.1, -0.05) is 11.6 Å². The Morgan fingerprint density at radius 2 is 2.29 bits per heavy atom. The quantitative estimate of drug-likeness (QED) is 0.662. The third-order valence-electron chi connectivity index (χ3n) is 2.39. The molecule has 0 aromatic carbocycles. The van der Waals surface area contributed by atoms with Gasteiger partial charge in [-0.05, 0) is 19.1 Å². The molecule has 2 heterocycles. The summed E-state index contributed by atoms with van der Waals surface area (Å²) in [7, 11) is 1.82. The molecule has 1 atom stereocenters. The molecule has 1 aromatic rings. The van der Waals surface area contributed by atoms with E-state index in [0.29, 0.717) is 16.7 Å². The van der Waals surface area contributed by atoms with Crippen LogP contribution in [0.5, 0.6) is 0 Å². The molecular weight excluding hydrogens is 202 g/mol. The zero-order valence-electron chi connectivity index (χ0n) is 7.91. The van der Waals surface area contributed by atoms with Crippen LogP contribution in [0, 0.1) is 0 Å². The Morgan fingerprint density at radius 1 is 1.57 bits per heavy atom. The molecule has 1 aliphatic heterocycles. The minimum Gasteiger partial charge on any atom is -0.346 e. The summed E-state index contributed by atoms with van der Waals surface area (Å²) in [6, 6.07) is 3.20. The first-order valence-electron chi connectivity index (χ1n) is 4.30. The van der Waals surface area contributed by atoms with Crippen LogP contribution >= 0.6 is 11.6 Å². The molecule has 0 saturated heterocycles. The number of aromatic nitrogens is 1. The van der Waals surface area contributed by atoms with Crippen molar-refractivity contribution >= 4 is 29.0 Å². The highest BCUT2D eigenvalue weighted by Crippen LogP contribution is 2.29. The van der Waals surface area contributed by atoms with Crippen molar-refractivity contribution < 1.29 is 4.79 Å². The number of pyridine rings is 1. The van der Waals surface area contributed by atoms with E-state index >= 15 is 0 Å². The number of carbonyl (C=O) groups is 1. The normalized spacial score (nSPS) is 20.4. The molecule has 1 aromatic heterocycles. The maximum absolute atomic E-state index is 11.4. The van der Waals surface area contributed by atoms with Gasteiger partial charge in [-0.15, -0.1) is 0 Å². The van der Waals surface area contributed by atoms with Gasteiger partial charge in [0.1, 0.15) is 11.2 Å². The zero-order chi connectivity index (χ0) is 10.3. The summed E-state index contributed by atoms with van der Waals surface area (Å²) in [5.41, 5.74) is 0.708. The van der Waals surface area contributed by atoms with Crippen LogP contribution in [0.2, 0.25) is 5.15 Å². The second kappa shape index (κ2) is 3.13. The molecule has 4 nitrogen and oxygen atoms in total. The van der Waals surface area contributed by atoms with Crippen LogP contribution in [-0.4, -0.2) is 24.0 Å². The first kappa shape index (κ1) is 9.27. The van der Waals surface area contributed by atoms with Gasteiger partial charge in [-0.3, -0.25) is 4.79 Å². The number of anilines is 2. The van der Waals surface area contributed by atoms with Crippen molar-refractivity contribution in [2.45, 2.75) is 13.0 Å². The smallest absolute Gasteiger partial charge is 0.246 e. The number of hydrogen-bond acceptors (Lipinski definition) is 3. The number of amides is 1. The average molecular weight is 212 g/mol. The number of carbonyl (C=O) groups excluding carboxylic acids is 1. The largest absolute Gasteiger partial charge is 0.346 e. The monoisotopic (exact) mass is 211 g/mol. The van der Waals surface area contributed by atoms with E-state index in [9.17, 15) is 4.79 Å². The van der Waals surface area contributed by atoms with Gasteiger partial charge in [0.15, 0.2) is 5.82 Å². The van der Waals surface area contributed by atoms with Crippen molar-refractivity contribution in [3.05, 3.63) is 17.3 Å². The Hall–Kier alpha value is -1.29. The SMILES string of the molecule is CC1C(=O)Nc2ccc(Cl)nc2N1C. The summed E-state index contributed by atoms with van der Waals surface area (Å²) in [6.45, 7) is 1.82. The van der Waals surface area contributed by atoms with E-state index in [1.165, 1.54) is 0 Å². The van der Waals surface area contributed by atoms with E-state index in [1.807, 2.05) is 14.0 Å². The van der Waals surface area contributed by atoms with E-state index in [4.69, 9.17) is 11.6 Å². The number of nitrogens with one attached hydrogen (secondary N) is 1. The Kier molecular flexibility index (Phi) is 2.07. The lowest BCUT2D eigenvalue weighted by Crippen LogP contribution is -2.44. The molecule has 0 aliphatic carbocycles. The lowest BCUT2D eigenvalue weighted by atomic mass is 10.2.